The van der Waals surface area contributed by atoms with Gasteiger partial charge in [0, 0.05) is 23.3 Å². The molecule has 0 spiro atoms. The number of urea groups is 1. The molecule has 1 aromatic carbocycles. The number of thioether (sulfide) groups is 2. The number of nitrogens with zero attached hydrogens (tertiary/aromatic N) is 3. The number of aliphatic imine (C=N–C) groups is 1. The van der Waals surface area contributed by atoms with Crippen molar-refractivity contribution in [3.63, 3.8) is 0 Å². The molecule has 2 aromatic rings. The number of rotatable bonds is 6. The second kappa shape index (κ2) is 9.46. The summed E-state index contributed by atoms with van der Waals surface area (Å²) in [5.41, 5.74) is 1.14. The number of hydrogen-bond acceptors (Lipinski definition) is 9. The summed E-state index contributed by atoms with van der Waals surface area (Å²) in [6.07, 6.45) is 0. The highest BCUT2D eigenvalue weighted by atomic mass is 32.2. The van der Waals surface area contributed by atoms with Crippen LogP contribution in [-0.4, -0.2) is 48.2 Å². The maximum Gasteiger partial charge on any atom is 0.335 e. The van der Waals surface area contributed by atoms with Crippen LogP contribution in [0.1, 0.15) is 11.3 Å². The summed E-state index contributed by atoms with van der Waals surface area (Å²) in [6, 6.07) is 7.16. The van der Waals surface area contributed by atoms with Crippen molar-refractivity contribution in [1.82, 2.24) is 14.7 Å². The molecule has 154 valence electrons. The minimum Gasteiger partial charge on any atom is -0.481 e. The van der Waals surface area contributed by atoms with Gasteiger partial charge < -0.3 is 4.74 Å². The molecule has 9 nitrogen and oxygen atoms in total. The molecule has 29 heavy (non-hydrogen) atoms. The standard InChI is InChI=1S/C17H19N5O4S3/c1-11-9-14(26-2)20-15(19-11)21-16(23)22-29(24,25)13-6-4-3-5-12(13)10-28-17-18-7-8-27-17/h3-6,9H,7-8,10H2,1-2H3,(H2,19,20,21,22,23). The number of methoxy groups -OCH3 is 1. The lowest BCUT2D eigenvalue weighted by Gasteiger charge is -2.12. The number of benzene rings is 1. The molecule has 0 unspecified atom stereocenters. The van der Waals surface area contributed by atoms with Crippen LogP contribution in [0.4, 0.5) is 10.7 Å². The fourth-order valence-corrected chi connectivity index (χ4v) is 5.68. The number of hydrogen-bond donors (Lipinski definition) is 2. The van der Waals surface area contributed by atoms with Crippen LogP contribution in [0.5, 0.6) is 5.88 Å². The fourth-order valence-electron chi connectivity index (χ4n) is 2.43. The van der Waals surface area contributed by atoms with Crippen molar-refractivity contribution in [1.29, 1.82) is 0 Å². The molecule has 2 amide bonds. The Labute approximate surface area is 177 Å². The monoisotopic (exact) mass is 453 g/mol. The third-order valence-corrected chi connectivity index (χ3v) is 7.40. The number of amides is 2. The lowest BCUT2D eigenvalue weighted by molar-refractivity contribution is 0.256. The topological polar surface area (TPSA) is 123 Å². The highest BCUT2D eigenvalue weighted by Crippen LogP contribution is 2.27. The molecule has 2 heterocycles. The van der Waals surface area contributed by atoms with Gasteiger partial charge in [-0.1, -0.05) is 41.7 Å². The maximum absolute atomic E-state index is 12.8. The van der Waals surface area contributed by atoms with Crippen molar-refractivity contribution in [3.8, 4) is 5.88 Å². The Bertz CT molecular complexity index is 1040. The van der Waals surface area contributed by atoms with Crippen LogP contribution in [0.25, 0.3) is 0 Å². The van der Waals surface area contributed by atoms with Crippen molar-refractivity contribution in [2.45, 2.75) is 17.6 Å². The largest absolute Gasteiger partial charge is 0.481 e. The van der Waals surface area contributed by atoms with E-state index in [1.54, 1.807) is 43.0 Å². The Balaban J connectivity index is 1.72. The zero-order valence-electron chi connectivity index (χ0n) is 15.7. The van der Waals surface area contributed by atoms with E-state index in [1.807, 2.05) is 4.72 Å². The highest BCUT2D eigenvalue weighted by molar-refractivity contribution is 8.38. The average Bonchev–Trinajstić information content (AvgIpc) is 3.19. The Kier molecular flexibility index (Phi) is 6.98. The first-order valence-corrected chi connectivity index (χ1v) is 11.9. The van der Waals surface area contributed by atoms with Crippen LogP contribution in [0.2, 0.25) is 0 Å². The van der Waals surface area contributed by atoms with E-state index in [2.05, 4.69) is 20.3 Å². The predicted molar refractivity (Wildman–Crippen MR) is 115 cm³/mol. The van der Waals surface area contributed by atoms with Crippen LogP contribution >= 0.6 is 23.5 Å². The third kappa shape index (κ3) is 5.84. The first-order chi connectivity index (χ1) is 13.9. The number of carbonyl (C=O) groups is 1. The van der Waals surface area contributed by atoms with E-state index in [0.29, 0.717) is 17.0 Å². The molecule has 3 rings (SSSR count). The highest BCUT2D eigenvalue weighted by Gasteiger charge is 2.22. The van der Waals surface area contributed by atoms with Crippen LogP contribution in [0.3, 0.4) is 0 Å². The van der Waals surface area contributed by atoms with Crippen molar-refractivity contribution in [2.75, 3.05) is 24.7 Å². The second-order valence-corrected chi connectivity index (χ2v) is 9.78. The molecular weight excluding hydrogens is 434 g/mol. The minimum atomic E-state index is -4.09. The van der Waals surface area contributed by atoms with E-state index in [9.17, 15) is 13.2 Å². The molecule has 0 saturated heterocycles. The smallest absolute Gasteiger partial charge is 0.335 e. The number of sulfonamides is 1. The molecule has 0 aliphatic carbocycles. The Morgan fingerprint density at radius 2 is 2.10 bits per heavy atom. The van der Waals surface area contributed by atoms with E-state index in [-0.39, 0.29) is 16.7 Å². The third-order valence-electron chi connectivity index (χ3n) is 3.66. The number of anilines is 1. The lowest BCUT2D eigenvalue weighted by atomic mass is 10.2. The van der Waals surface area contributed by atoms with Gasteiger partial charge in [0.1, 0.15) is 4.38 Å². The van der Waals surface area contributed by atoms with Gasteiger partial charge in [-0.3, -0.25) is 10.3 Å². The summed E-state index contributed by atoms with van der Waals surface area (Å²) < 4.78 is 33.5. The maximum atomic E-state index is 12.8. The summed E-state index contributed by atoms with van der Waals surface area (Å²) in [5, 5.41) is 2.32. The zero-order chi connectivity index (χ0) is 20.9. The van der Waals surface area contributed by atoms with E-state index < -0.39 is 16.1 Å². The van der Waals surface area contributed by atoms with Gasteiger partial charge in [0.25, 0.3) is 10.0 Å². The fraction of sp³-hybridized carbons (Fsp3) is 0.294. The van der Waals surface area contributed by atoms with Crippen molar-refractivity contribution < 1.29 is 17.9 Å². The predicted octanol–water partition coefficient (Wildman–Crippen LogP) is 2.64. The zero-order valence-corrected chi connectivity index (χ0v) is 18.2. The van der Waals surface area contributed by atoms with E-state index >= 15 is 0 Å². The van der Waals surface area contributed by atoms with Gasteiger partial charge in [0.05, 0.1) is 18.6 Å². The van der Waals surface area contributed by atoms with Gasteiger partial charge >= 0.3 is 6.03 Å². The molecule has 0 bridgehead atoms. The molecular formula is C17H19N5O4S3. The number of aryl methyl sites for hydroxylation is 1. The molecule has 0 saturated carbocycles. The van der Waals surface area contributed by atoms with Gasteiger partial charge in [-0.2, -0.15) is 4.98 Å². The Morgan fingerprint density at radius 1 is 1.31 bits per heavy atom. The first kappa shape index (κ1) is 21.4. The number of nitrogens with one attached hydrogen (secondary N) is 2. The van der Waals surface area contributed by atoms with Gasteiger partial charge in [0.2, 0.25) is 11.8 Å². The van der Waals surface area contributed by atoms with Crippen molar-refractivity contribution in [2.24, 2.45) is 4.99 Å². The average molecular weight is 454 g/mol. The molecule has 2 N–H and O–H groups in total. The number of ether oxygens (including phenoxy) is 1. The minimum absolute atomic E-state index is 0.0361. The second-order valence-electron chi connectivity index (χ2n) is 5.83. The summed E-state index contributed by atoms with van der Waals surface area (Å²) in [6.45, 7) is 2.48. The molecule has 1 aliphatic heterocycles. The first-order valence-electron chi connectivity index (χ1n) is 8.49. The van der Waals surface area contributed by atoms with Crippen LogP contribution in [0.15, 0.2) is 40.2 Å². The molecule has 0 fully saturated rings. The molecule has 12 heteroatoms. The number of carbonyl (C=O) groups excluding carboxylic acids is 1. The Hall–Kier alpha value is -2.31. The van der Waals surface area contributed by atoms with E-state index in [1.165, 1.54) is 24.9 Å². The SMILES string of the molecule is COc1cc(C)nc(NC(=O)NS(=O)(=O)c2ccccc2CSC2=NCCS2)n1. The quantitative estimate of drug-likeness (QED) is 0.684. The summed E-state index contributed by atoms with van der Waals surface area (Å²) in [4.78, 5) is 24.6. The van der Waals surface area contributed by atoms with Gasteiger partial charge in [-0.25, -0.2) is 22.9 Å². The van der Waals surface area contributed by atoms with Crippen LogP contribution < -0.4 is 14.8 Å². The van der Waals surface area contributed by atoms with Crippen LogP contribution in [-0.2, 0) is 15.8 Å². The van der Waals surface area contributed by atoms with Crippen LogP contribution in [0, 0.1) is 6.92 Å². The van der Waals surface area contributed by atoms with E-state index in [0.717, 1.165) is 16.7 Å². The van der Waals surface area contributed by atoms with Crippen molar-refractivity contribution >= 4 is 49.9 Å². The molecule has 1 aliphatic rings. The summed E-state index contributed by atoms with van der Waals surface area (Å²) in [5.74, 6) is 1.57. The number of aromatic nitrogens is 2. The summed E-state index contributed by atoms with van der Waals surface area (Å²) >= 11 is 3.13. The van der Waals surface area contributed by atoms with Crippen molar-refractivity contribution in [3.05, 3.63) is 41.6 Å². The normalized spacial score (nSPS) is 13.7. The molecule has 0 atom stereocenters. The van der Waals surface area contributed by atoms with Gasteiger partial charge in [-0.15, -0.1) is 0 Å². The van der Waals surface area contributed by atoms with Gasteiger partial charge in [-0.05, 0) is 18.6 Å². The molecule has 0 radical (unpaired) electrons. The lowest BCUT2D eigenvalue weighted by Crippen LogP contribution is -2.35. The Morgan fingerprint density at radius 3 is 2.83 bits per heavy atom. The van der Waals surface area contributed by atoms with Gasteiger partial charge in [0.15, 0.2) is 0 Å². The summed E-state index contributed by atoms with van der Waals surface area (Å²) in [7, 11) is -2.66. The molecule has 1 aromatic heterocycles. The van der Waals surface area contributed by atoms with E-state index in [4.69, 9.17) is 4.74 Å².